The first-order chi connectivity index (χ1) is 5.27. The summed E-state index contributed by atoms with van der Waals surface area (Å²) in [5.74, 6) is 0.0801. The van der Waals surface area contributed by atoms with E-state index >= 15 is 0 Å². The number of likely N-dealkylation sites (tertiary alicyclic amines) is 1. The van der Waals surface area contributed by atoms with Crippen molar-refractivity contribution in [3.63, 3.8) is 0 Å². The normalized spacial score (nSPS) is 23.5. The molecule has 1 amide bonds. The number of hydrogen-bond donors (Lipinski definition) is 0. The maximum absolute atomic E-state index is 11.0. The van der Waals surface area contributed by atoms with E-state index in [0.29, 0.717) is 19.5 Å². The van der Waals surface area contributed by atoms with Crippen molar-refractivity contribution in [1.82, 2.24) is 4.90 Å². The van der Waals surface area contributed by atoms with Crippen molar-refractivity contribution in [2.24, 2.45) is 4.99 Å². The molecule has 1 saturated heterocycles. The molecule has 1 aliphatic rings. The third kappa shape index (κ3) is 1.65. The maximum Gasteiger partial charge on any atom is 0.235 e. The van der Waals surface area contributed by atoms with Crippen LogP contribution >= 0.6 is 0 Å². The summed E-state index contributed by atoms with van der Waals surface area (Å²) >= 11 is 0. The molecule has 11 heavy (non-hydrogen) atoms. The summed E-state index contributed by atoms with van der Waals surface area (Å²) in [5.41, 5.74) is 0. The molecule has 4 nitrogen and oxygen atoms in total. The first-order valence-corrected chi connectivity index (χ1v) is 3.62. The minimum absolute atomic E-state index is 0.0801. The largest absolute Gasteiger partial charge is 0.341 e. The van der Waals surface area contributed by atoms with Crippen LogP contribution in [0.4, 0.5) is 0 Å². The lowest BCUT2D eigenvalue weighted by Crippen LogP contribution is -2.24. The lowest BCUT2D eigenvalue weighted by Gasteiger charge is -2.10. The topological polar surface area (TPSA) is 49.7 Å². The molecule has 1 aliphatic heterocycles. The average molecular weight is 154 g/mol. The van der Waals surface area contributed by atoms with Crippen LogP contribution < -0.4 is 0 Å². The number of aliphatic imine (C=N–C) groups is 1. The van der Waals surface area contributed by atoms with Gasteiger partial charge in [0.2, 0.25) is 12.0 Å². The van der Waals surface area contributed by atoms with Gasteiger partial charge in [0.05, 0.1) is 12.5 Å². The number of amides is 1. The van der Waals surface area contributed by atoms with E-state index in [9.17, 15) is 9.59 Å². The Kier molecular flexibility index (Phi) is 2.39. The summed E-state index contributed by atoms with van der Waals surface area (Å²) in [6.45, 7) is 3.18. The van der Waals surface area contributed by atoms with E-state index < -0.39 is 0 Å². The van der Waals surface area contributed by atoms with Gasteiger partial charge in [-0.15, -0.1) is 0 Å². The fraction of sp³-hybridized carbons (Fsp3) is 0.714. The minimum Gasteiger partial charge on any atom is -0.341 e. The van der Waals surface area contributed by atoms with Gasteiger partial charge in [0.25, 0.3) is 0 Å². The monoisotopic (exact) mass is 154 g/mol. The average Bonchev–Trinajstić information content (AvgIpc) is 2.32. The maximum atomic E-state index is 11.0. The number of hydrogen-bond acceptors (Lipinski definition) is 3. The van der Waals surface area contributed by atoms with Gasteiger partial charge in [-0.1, -0.05) is 0 Å². The zero-order valence-corrected chi connectivity index (χ0v) is 6.41. The van der Waals surface area contributed by atoms with Gasteiger partial charge in [0.1, 0.15) is 0 Å². The molecule has 1 unspecified atom stereocenters. The summed E-state index contributed by atoms with van der Waals surface area (Å²) in [4.78, 5) is 26.1. The number of carbonyl (C=O) groups is 1. The van der Waals surface area contributed by atoms with Crippen molar-refractivity contribution < 1.29 is 9.59 Å². The van der Waals surface area contributed by atoms with Gasteiger partial charge in [-0.25, -0.2) is 9.79 Å². The van der Waals surface area contributed by atoms with E-state index in [1.54, 1.807) is 4.90 Å². The molecular formula is C7H10N2O2. The highest BCUT2D eigenvalue weighted by atomic mass is 16.2. The molecule has 1 fully saturated rings. The Morgan fingerprint density at radius 1 is 1.82 bits per heavy atom. The van der Waals surface area contributed by atoms with Crippen molar-refractivity contribution >= 4 is 12.0 Å². The summed E-state index contributed by atoms with van der Waals surface area (Å²) < 4.78 is 0. The molecule has 0 aromatic carbocycles. The molecule has 0 spiro atoms. The Bertz CT molecular complexity index is 208. The second kappa shape index (κ2) is 3.30. The highest BCUT2D eigenvalue weighted by Gasteiger charge is 2.27. The molecule has 1 rings (SSSR count). The highest BCUT2D eigenvalue weighted by Crippen LogP contribution is 2.12. The van der Waals surface area contributed by atoms with Crippen molar-refractivity contribution in [1.29, 1.82) is 0 Å². The van der Waals surface area contributed by atoms with Crippen LogP contribution in [0.5, 0.6) is 0 Å². The SMILES string of the molecule is CCN1CC(N=C=O)CC1=O. The molecule has 0 radical (unpaired) electrons. The summed E-state index contributed by atoms with van der Waals surface area (Å²) in [7, 11) is 0. The van der Waals surface area contributed by atoms with Gasteiger partial charge >= 0.3 is 0 Å². The van der Waals surface area contributed by atoms with Crippen LogP contribution in [0.1, 0.15) is 13.3 Å². The second-order valence-corrected chi connectivity index (χ2v) is 2.51. The molecule has 60 valence electrons. The van der Waals surface area contributed by atoms with Crippen molar-refractivity contribution in [3.8, 4) is 0 Å². The van der Waals surface area contributed by atoms with E-state index in [4.69, 9.17) is 0 Å². The first-order valence-electron chi connectivity index (χ1n) is 3.62. The molecule has 0 N–H and O–H groups in total. The van der Waals surface area contributed by atoms with Crippen molar-refractivity contribution in [2.75, 3.05) is 13.1 Å². The zero-order valence-electron chi connectivity index (χ0n) is 6.41. The van der Waals surface area contributed by atoms with Gasteiger partial charge in [-0.2, -0.15) is 0 Å². The van der Waals surface area contributed by atoms with Gasteiger partial charge in [0, 0.05) is 13.1 Å². The molecule has 0 aromatic rings. The summed E-state index contributed by atoms with van der Waals surface area (Å²) in [6, 6.07) is -0.153. The van der Waals surface area contributed by atoms with Crippen LogP contribution in [0.25, 0.3) is 0 Å². The van der Waals surface area contributed by atoms with E-state index in [0.717, 1.165) is 0 Å². The third-order valence-electron chi connectivity index (χ3n) is 1.81. The van der Waals surface area contributed by atoms with Gasteiger partial charge < -0.3 is 4.90 Å². The number of likely N-dealkylation sites (N-methyl/N-ethyl adjacent to an activating group) is 1. The van der Waals surface area contributed by atoms with Gasteiger partial charge in [-0.3, -0.25) is 4.79 Å². The lowest BCUT2D eigenvalue weighted by atomic mass is 10.3. The van der Waals surface area contributed by atoms with E-state index in [1.165, 1.54) is 6.08 Å². The Morgan fingerprint density at radius 2 is 2.55 bits per heavy atom. The zero-order chi connectivity index (χ0) is 8.27. The highest BCUT2D eigenvalue weighted by molar-refractivity contribution is 5.79. The van der Waals surface area contributed by atoms with Crippen molar-refractivity contribution in [3.05, 3.63) is 0 Å². The van der Waals surface area contributed by atoms with E-state index in [-0.39, 0.29) is 11.9 Å². The Balaban J connectivity index is 2.56. The molecule has 0 aromatic heterocycles. The lowest BCUT2D eigenvalue weighted by molar-refractivity contribution is -0.127. The summed E-state index contributed by atoms with van der Waals surface area (Å²) in [6.07, 6.45) is 1.84. The van der Waals surface area contributed by atoms with Crippen LogP contribution in [0.3, 0.4) is 0 Å². The van der Waals surface area contributed by atoms with Crippen LogP contribution in [-0.2, 0) is 9.59 Å². The van der Waals surface area contributed by atoms with E-state index in [1.807, 2.05) is 6.92 Å². The predicted octanol–water partition coefficient (Wildman–Crippen LogP) is -0.0570. The smallest absolute Gasteiger partial charge is 0.235 e. The molecule has 0 aliphatic carbocycles. The number of nitrogens with zero attached hydrogens (tertiary/aromatic N) is 2. The molecule has 4 heteroatoms. The quantitative estimate of drug-likeness (QED) is 0.413. The number of carbonyl (C=O) groups excluding carboxylic acids is 2. The standard InChI is InChI=1S/C7H10N2O2/c1-2-9-4-6(8-5-10)3-7(9)11/h6H,2-4H2,1H3. The third-order valence-corrected chi connectivity index (χ3v) is 1.81. The van der Waals surface area contributed by atoms with Crippen molar-refractivity contribution in [2.45, 2.75) is 19.4 Å². The number of rotatable bonds is 2. The van der Waals surface area contributed by atoms with E-state index in [2.05, 4.69) is 4.99 Å². The fourth-order valence-electron chi connectivity index (χ4n) is 1.22. The Morgan fingerprint density at radius 3 is 3.00 bits per heavy atom. The first kappa shape index (κ1) is 7.95. The van der Waals surface area contributed by atoms with Gasteiger partial charge in [-0.05, 0) is 6.92 Å². The molecule has 1 atom stereocenters. The fourth-order valence-corrected chi connectivity index (χ4v) is 1.22. The van der Waals surface area contributed by atoms with Gasteiger partial charge in [0.15, 0.2) is 0 Å². The molecular weight excluding hydrogens is 144 g/mol. The predicted molar refractivity (Wildman–Crippen MR) is 38.8 cm³/mol. The Labute approximate surface area is 64.9 Å². The second-order valence-electron chi connectivity index (χ2n) is 2.51. The Hall–Kier alpha value is -1.15. The van der Waals surface area contributed by atoms with Crippen LogP contribution in [0, 0.1) is 0 Å². The summed E-state index contributed by atoms with van der Waals surface area (Å²) in [5, 5.41) is 0. The van der Waals surface area contributed by atoms with Crippen LogP contribution in [0.2, 0.25) is 0 Å². The number of isocyanates is 1. The molecule has 0 saturated carbocycles. The molecule has 1 heterocycles. The molecule has 0 bridgehead atoms. The minimum atomic E-state index is -0.153. The van der Waals surface area contributed by atoms with Crippen LogP contribution in [0.15, 0.2) is 4.99 Å². The van der Waals surface area contributed by atoms with Crippen LogP contribution in [-0.4, -0.2) is 36.0 Å².